The number of aliphatic hydroxyl groups is 1. The van der Waals surface area contributed by atoms with Gasteiger partial charge in [-0.3, -0.25) is 14.2 Å². The molecule has 4 N–H and O–H groups in total. The Morgan fingerprint density at radius 3 is 3.00 bits per heavy atom. The van der Waals surface area contributed by atoms with Crippen LogP contribution in [0.2, 0.25) is 0 Å². The van der Waals surface area contributed by atoms with Gasteiger partial charge in [-0.15, -0.1) is 0 Å². The number of ether oxygens (including phenoxy) is 2. The van der Waals surface area contributed by atoms with Crippen LogP contribution in [0.25, 0.3) is 0 Å². The molecule has 126 valence electrons. The largest absolute Gasteiger partial charge is 0.462 e. The Balaban J connectivity index is 1.90. The van der Waals surface area contributed by atoms with Gasteiger partial charge in [0.15, 0.2) is 0 Å². The van der Waals surface area contributed by atoms with Crippen LogP contribution in [0.4, 0.5) is 5.82 Å². The summed E-state index contributed by atoms with van der Waals surface area (Å²) >= 11 is 0. The highest BCUT2D eigenvalue weighted by atomic mass is 16.7. The van der Waals surface area contributed by atoms with Gasteiger partial charge >= 0.3 is 17.6 Å². The van der Waals surface area contributed by atoms with Crippen LogP contribution >= 0.6 is 0 Å². The number of hydrogen-bond acceptors (Lipinski definition) is 9. The summed E-state index contributed by atoms with van der Waals surface area (Å²) in [6.07, 6.45) is -0.938. The third kappa shape index (κ3) is 4.03. The zero-order chi connectivity index (χ0) is 17.0. The number of carbonyl (C=O) groups excluding carboxylic acids is 2. The molecule has 1 fully saturated rings. The fourth-order valence-electron chi connectivity index (χ4n) is 2.00. The molecule has 1 aliphatic heterocycles. The lowest BCUT2D eigenvalue weighted by Gasteiger charge is -2.15. The molecule has 0 aromatic carbocycles. The quantitative estimate of drug-likeness (QED) is 0.314. The van der Waals surface area contributed by atoms with Crippen LogP contribution in [0.3, 0.4) is 0 Å². The number of hydrogen-bond donors (Lipinski definition) is 3. The molecule has 2 heterocycles. The van der Waals surface area contributed by atoms with Gasteiger partial charge in [0, 0.05) is 12.6 Å². The lowest BCUT2D eigenvalue weighted by molar-refractivity contribution is -0.161. The minimum Gasteiger partial charge on any atom is -0.462 e. The van der Waals surface area contributed by atoms with Gasteiger partial charge in [-0.25, -0.2) is 15.1 Å². The van der Waals surface area contributed by atoms with Gasteiger partial charge in [0.25, 0.3) is 0 Å². The van der Waals surface area contributed by atoms with Crippen molar-refractivity contribution >= 4 is 17.7 Å². The van der Waals surface area contributed by atoms with Crippen LogP contribution in [-0.4, -0.2) is 52.5 Å². The number of hydroxylamine groups is 1. The second kappa shape index (κ2) is 7.17. The second-order valence-electron chi connectivity index (χ2n) is 4.71. The molecule has 1 aliphatic rings. The molecule has 11 heteroatoms. The summed E-state index contributed by atoms with van der Waals surface area (Å²) in [5.74, 6) is -2.12. The summed E-state index contributed by atoms with van der Waals surface area (Å²) < 4.78 is 10.9. The number of aliphatic hydroxyl groups excluding tert-OH is 1. The zero-order valence-corrected chi connectivity index (χ0v) is 12.2. The van der Waals surface area contributed by atoms with Crippen molar-refractivity contribution in [2.45, 2.75) is 24.9 Å². The lowest BCUT2D eigenvalue weighted by Crippen LogP contribution is -2.36. The Labute approximate surface area is 129 Å². The number of aromatic nitrogens is 2. The minimum atomic E-state index is -1.12. The van der Waals surface area contributed by atoms with E-state index in [1.54, 1.807) is 0 Å². The minimum absolute atomic E-state index is 0.0789. The molecule has 1 amide bonds. The monoisotopic (exact) mass is 328 g/mol. The first-order valence-corrected chi connectivity index (χ1v) is 6.60. The Bertz CT molecular complexity index is 647. The highest BCUT2D eigenvalue weighted by molar-refractivity contribution is 6.32. The van der Waals surface area contributed by atoms with Crippen molar-refractivity contribution in [3.63, 3.8) is 0 Å². The highest BCUT2D eigenvalue weighted by Crippen LogP contribution is 2.27. The summed E-state index contributed by atoms with van der Waals surface area (Å²) in [6.45, 7) is -0.225. The van der Waals surface area contributed by atoms with Crippen LogP contribution in [0.5, 0.6) is 0 Å². The molecule has 0 radical (unpaired) electrons. The van der Waals surface area contributed by atoms with Gasteiger partial charge < -0.3 is 20.3 Å². The Hall–Kier alpha value is -2.50. The van der Waals surface area contributed by atoms with E-state index in [1.807, 2.05) is 5.48 Å². The topological polar surface area (TPSA) is 155 Å². The molecular formula is C12H16N4O7. The van der Waals surface area contributed by atoms with Crippen LogP contribution in [-0.2, 0) is 23.9 Å². The predicted octanol–water partition coefficient (Wildman–Crippen LogP) is -2.31. The van der Waals surface area contributed by atoms with E-state index in [4.69, 9.17) is 15.3 Å². The number of rotatable bonds is 4. The van der Waals surface area contributed by atoms with Gasteiger partial charge in [0.1, 0.15) is 24.8 Å². The van der Waals surface area contributed by atoms with E-state index in [0.29, 0.717) is 0 Å². The fourth-order valence-corrected chi connectivity index (χ4v) is 2.00. The molecule has 1 aromatic rings. The number of carbonyl (C=O) groups is 2. The maximum Gasteiger partial charge on any atom is 0.398 e. The van der Waals surface area contributed by atoms with Crippen molar-refractivity contribution in [2.75, 3.05) is 19.5 Å². The number of nitrogen functional groups attached to an aromatic ring is 1. The number of methoxy groups -OCH3 is 1. The maximum absolute atomic E-state index is 11.7. The van der Waals surface area contributed by atoms with E-state index in [0.717, 1.165) is 7.11 Å². The summed E-state index contributed by atoms with van der Waals surface area (Å²) in [6, 6.07) is 1.43. The Morgan fingerprint density at radius 2 is 2.35 bits per heavy atom. The first-order valence-electron chi connectivity index (χ1n) is 6.60. The normalized spacial score (nSPS) is 23.5. The maximum atomic E-state index is 11.7. The third-order valence-corrected chi connectivity index (χ3v) is 3.15. The predicted molar refractivity (Wildman–Crippen MR) is 73.6 cm³/mol. The van der Waals surface area contributed by atoms with Gasteiger partial charge in [-0.2, -0.15) is 4.98 Å². The van der Waals surface area contributed by atoms with E-state index in [-0.39, 0.29) is 18.8 Å². The number of anilines is 1. The average Bonchev–Trinajstić information content (AvgIpc) is 2.87. The molecule has 0 bridgehead atoms. The first kappa shape index (κ1) is 16.9. The fraction of sp³-hybridized carbons (Fsp3) is 0.500. The molecule has 23 heavy (non-hydrogen) atoms. The first-order chi connectivity index (χ1) is 10.9. The van der Waals surface area contributed by atoms with E-state index in [1.165, 1.54) is 16.8 Å². The van der Waals surface area contributed by atoms with Crippen molar-refractivity contribution in [2.24, 2.45) is 0 Å². The molecular weight excluding hydrogens is 312 g/mol. The molecule has 0 saturated carbocycles. The van der Waals surface area contributed by atoms with Gasteiger partial charge in [0.05, 0.1) is 13.2 Å². The van der Waals surface area contributed by atoms with Crippen molar-refractivity contribution < 1.29 is 29.0 Å². The SMILES string of the molecule is COC(=O)C(=O)NOC[C@H]1O[C@@H](n2ccc(N)nc2=O)C[C@@H]1O. The molecule has 0 aliphatic carbocycles. The van der Waals surface area contributed by atoms with E-state index in [9.17, 15) is 19.5 Å². The standard InChI is InChI=1S/C12H16N4O7/c1-21-11(19)10(18)15-22-5-7-6(17)4-9(23-7)16-3-2-8(13)14-12(16)20/h2-3,6-7,9,17H,4-5H2,1H3,(H,15,18)(H2,13,14,20)/t6-,7+,9+/m0/s1. The summed E-state index contributed by atoms with van der Waals surface area (Å²) in [5, 5.41) is 9.92. The summed E-state index contributed by atoms with van der Waals surface area (Å²) in [5.41, 5.74) is 6.64. The molecule has 2 rings (SSSR count). The van der Waals surface area contributed by atoms with Crippen LogP contribution in [0.15, 0.2) is 17.1 Å². The molecule has 1 aromatic heterocycles. The van der Waals surface area contributed by atoms with Crippen LogP contribution in [0.1, 0.15) is 12.6 Å². The van der Waals surface area contributed by atoms with E-state index >= 15 is 0 Å². The lowest BCUT2D eigenvalue weighted by atomic mass is 10.2. The molecule has 0 spiro atoms. The molecule has 11 nitrogen and oxygen atoms in total. The van der Waals surface area contributed by atoms with E-state index < -0.39 is 36.0 Å². The number of nitrogens with zero attached hydrogens (tertiary/aromatic N) is 2. The van der Waals surface area contributed by atoms with Crippen molar-refractivity contribution in [1.82, 2.24) is 15.0 Å². The van der Waals surface area contributed by atoms with Gasteiger partial charge in [-0.1, -0.05) is 0 Å². The van der Waals surface area contributed by atoms with Crippen molar-refractivity contribution in [3.05, 3.63) is 22.7 Å². The average molecular weight is 328 g/mol. The number of esters is 1. The number of nitrogens with one attached hydrogen (secondary N) is 1. The van der Waals surface area contributed by atoms with E-state index in [2.05, 4.69) is 9.72 Å². The van der Waals surface area contributed by atoms with Crippen molar-refractivity contribution in [3.8, 4) is 0 Å². The second-order valence-corrected chi connectivity index (χ2v) is 4.71. The van der Waals surface area contributed by atoms with Crippen molar-refractivity contribution in [1.29, 1.82) is 0 Å². The smallest absolute Gasteiger partial charge is 0.398 e. The Kier molecular flexibility index (Phi) is 5.26. The van der Waals surface area contributed by atoms with Gasteiger partial charge in [0.2, 0.25) is 0 Å². The number of amides is 1. The third-order valence-electron chi connectivity index (χ3n) is 3.15. The van der Waals surface area contributed by atoms with Crippen LogP contribution in [0, 0.1) is 0 Å². The molecule has 0 unspecified atom stereocenters. The molecule has 1 saturated heterocycles. The number of nitrogens with two attached hydrogens (primary N) is 1. The Morgan fingerprint density at radius 1 is 1.61 bits per heavy atom. The zero-order valence-electron chi connectivity index (χ0n) is 12.2. The highest BCUT2D eigenvalue weighted by Gasteiger charge is 2.36. The van der Waals surface area contributed by atoms with Gasteiger partial charge in [-0.05, 0) is 6.07 Å². The van der Waals surface area contributed by atoms with Crippen LogP contribution < -0.4 is 16.9 Å². The summed E-state index contributed by atoms with van der Waals surface area (Å²) in [7, 11) is 1.05. The molecule has 3 atom stereocenters. The summed E-state index contributed by atoms with van der Waals surface area (Å²) in [4.78, 5) is 42.1.